The molecule has 0 aliphatic carbocycles. The molecule has 0 radical (unpaired) electrons. The minimum absolute atomic E-state index is 0.830. The molecule has 104 valence electrons. The van der Waals surface area contributed by atoms with Crippen molar-refractivity contribution >= 4 is 17.1 Å². The molecule has 0 aliphatic heterocycles. The first-order chi connectivity index (χ1) is 10.4. The van der Waals surface area contributed by atoms with Gasteiger partial charge in [-0.25, -0.2) is 0 Å². The second kappa shape index (κ2) is 6.05. The van der Waals surface area contributed by atoms with Crippen LogP contribution < -0.4 is 9.64 Å². The van der Waals surface area contributed by atoms with Gasteiger partial charge in [-0.2, -0.15) is 0 Å². The molecule has 0 unspecified atom stereocenters. The predicted molar refractivity (Wildman–Crippen MR) is 83.3 cm³/mol. The quantitative estimate of drug-likeness (QED) is 0.723. The first kappa shape index (κ1) is 13.1. The second-order valence-corrected chi connectivity index (χ2v) is 4.46. The summed E-state index contributed by atoms with van der Waals surface area (Å²) in [6.45, 7) is 0. The van der Waals surface area contributed by atoms with Crippen molar-refractivity contribution in [1.82, 2.24) is 9.97 Å². The SMILES string of the molecule is COc1ccc(N(c2cccnc2)c2cccnc2)cc1. The lowest BCUT2D eigenvalue weighted by Crippen LogP contribution is -2.10. The number of hydrogen-bond acceptors (Lipinski definition) is 4. The van der Waals surface area contributed by atoms with Crippen molar-refractivity contribution < 1.29 is 4.74 Å². The lowest BCUT2D eigenvalue weighted by molar-refractivity contribution is 0.415. The van der Waals surface area contributed by atoms with Gasteiger partial charge < -0.3 is 9.64 Å². The van der Waals surface area contributed by atoms with Gasteiger partial charge >= 0.3 is 0 Å². The van der Waals surface area contributed by atoms with Crippen molar-refractivity contribution in [3.05, 3.63) is 73.3 Å². The molecule has 4 nitrogen and oxygen atoms in total. The Morgan fingerprint density at radius 2 is 1.33 bits per heavy atom. The van der Waals surface area contributed by atoms with E-state index in [1.165, 1.54) is 0 Å². The van der Waals surface area contributed by atoms with Crippen LogP contribution in [0.2, 0.25) is 0 Å². The molecule has 3 rings (SSSR count). The van der Waals surface area contributed by atoms with E-state index in [1.807, 2.05) is 60.9 Å². The molecule has 0 saturated heterocycles. The highest BCUT2D eigenvalue weighted by molar-refractivity contribution is 5.75. The standard InChI is InChI=1S/C17H15N3O/c1-21-17-8-6-14(7-9-17)20(15-4-2-10-18-12-15)16-5-3-11-19-13-16/h2-13H,1H3. The highest BCUT2D eigenvalue weighted by Gasteiger charge is 2.12. The minimum atomic E-state index is 0.830. The molecular formula is C17H15N3O. The molecule has 0 spiro atoms. The zero-order chi connectivity index (χ0) is 14.5. The fourth-order valence-electron chi connectivity index (χ4n) is 2.15. The Kier molecular flexibility index (Phi) is 3.78. The number of ether oxygens (including phenoxy) is 1. The van der Waals surface area contributed by atoms with Gasteiger partial charge in [-0.3, -0.25) is 9.97 Å². The summed E-state index contributed by atoms with van der Waals surface area (Å²) < 4.78 is 5.22. The number of rotatable bonds is 4. The van der Waals surface area contributed by atoms with Crippen molar-refractivity contribution in [2.24, 2.45) is 0 Å². The van der Waals surface area contributed by atoms with E-state index in [-0.39, 0.29) is 0 Å². The molecule has 2 heterocycles. The number of methoxy groups -OCH3 is 1. The van der Waals surface area contributed by atoms with Crippen LogP contribution in [-0.4, -0.2) is 17.1 Å². The Labute approximate surface area is 123 Å². The van der Waals surface area contributed by atoms with E-state index in [1.54, 1.807) is 19.5 Å². The van der Waals surface area contributed by atoms with Gasteiger partial charge in [0.05, 0.1) is 30.9 Å². The van der Waals surface area contributed by atoms with Crippen LogP contribution in [0.25, 0.3) is 0 Å². The first-order valence-electron chi connectivity index (χ1n) is 6.63. The van der Waals surface area contributed by atoms with E-state index in [0.29, 0.717) is 0 Å². The molecule has 1 aromatic carbocycles. The number of aromatic nitrogens is 2. The summed E-state index contributed by atoms with van der Waals surface area (Å²) in [7, 11) is 1.66. The van der Waals surface area contributed by atoms with Crippen LogP contribution in [0.5, 0.6) is 5.75 Å². The predicted octanol–water partition coefficient (Wildman–Crippen LogP) is 3.96. The summed E-state index contributed by atoms with van der Waals surface area (Å²) >= 11 is 0. The number of pyridine rings is 2. The highest BCUT2D eigenvalue weighted by Crippen LogP contribution is 2.33. The van der Waals surface area contributed by atoms with Crippen LogP contribution in [0.15, 0.2) is 73.3 Å². The van der Waals surface area contributed by atoms with Gasteiger partial charge in [0.25, 0.3) is 0 Å². The first-order valence-corrected chi connectivity index (χ1v) is 6.63. The number of hydrogen-bond donors (Lipinski definition) is 0. The minimum Gasteiger partial charge on any atom is -0.497 e. The van der Waals surface area contributed by atoms with Crippen molar-refractivity contribution in [3.63, 3.8) is 0 Å². The topological polar surface area (TPSA) is 38.2 Å². The van der Waals surface area contributed by atoms with Crippen LogP contribution in [0.3, 0.4) is 0 Å². The summed E-state index contributed by atoms with van der Waals surface area (Å²) in [5, 5.41) is 0. The van der Waals surface area contributed by atoms with Crippen LogP contribution in [0.4, 0.5) is 17.1 Å². The lowest BCUT2D eigenvalue weighted by atomic mass is 10.2. The van der Waals surface area contributed by atoms with Crippen molar-refractivity contribution in [3.8, 4) is 5.75 Å². The van der Waals surface area contributed by atoms with E-state index in [2.05, 4.69) is 14.9 Å². The molecule has 4 heteroatoms. The molecule has 21 heavy (non-hydrogen) atoms. The van der Waals surface area contributed by atoms with Gasteiger partial charge in [0.15, 0.2) is 0 Å². The van der Waals surface area contributed by atoms with E-state index in [9.17, 15) is 0 Å². The van der Waals surface area contributed by atoms with Gasteiger partial charge in [0.1, 0.15) is 5.75 Å². The fraction of sp³-hybridized carbons (Fsp3) is 0.0588. The molecule has 0 N–H and O–H groups in total. The monoisotopic (exact) mass is 277 g/mol. The maximum Gasteiger partial charge on any atom is 0.119 e. The van der Waals surface area contributed by atoms with E-state index in [0.717, 1.165) is 22.8 Å². The summed E-state index contributed by atoms with van der Waals surface area (Å²) in [5.41, 5.74) is 2.99. The molecule has 0 aliphatic rings. The number of nitrogens with zero attached hydrogens (tertiary/aromatic N) is 3. The summed E-state index contributed by atoms with van der Waals surface area (Å²) in [5.74, 6) is 0.830. The molecule has 0 bridgehead atoms. The lowest BCUT2D eigenvalue weighted by Gasteiger charge is -2.24. The molecule has 0 fully saturated rings. The van der Waals surface area contributed by atoms with Crippen LogP contribution in [0, 0.1) is 0 Å². The normalized spacial score (nSPS) is 10.1. The van der Waals surface area contributed by atoms with Gasteiger partial charge in [-0.1, -0.05) is 0 Å². The van der Waals surface area contributed by atoms with E-state index < -0.39 is 0 Å². The third-order valence-corrected chi connectivity index (χ3v) is 3.14. The molecule has 0 amide bonds. The summed E-state index contributed by atoms with van der Waals surface area (Å²) in [6, 6.07) is 15.8. The zero-order valence-electron chi connectivity index (χ0n) is 11.7. The zero-order valence-corrected chi connectivity index (χ0v) is 11.7. The van der Waals surface area contributed by atoms with E-state index >= 15 is 0 Å². The Morgan fingerprint density at radius 3 is 1.76 bits per heavy atom. The second-order valence-electron chi connectivity index (χ2n) is 4.46. The number of benzene rings is 1. The average Bonchev–Trinajstić information content (AvgIpc) is 2.58. The third-order valence-electron chi connectivity index (χ3n) is 3.14. The molecule has 0 saturated carbocycles. The Hall–Kier alpha value is -2.88. The Bertz CT molecular complexity index is 645. The summed E-state index contributed by atoms with van der Waals surface area (Å²) in [4.78, 5) is 10.5. The molecule has 3 aromatic rings. The van der Waals surface area contributed by atoms with E-state index in [4.69, 9.17) is 4.74 Å². The molecular weight excluding hydrogens is 262 g/mol. The van der Waals surface area contributed by atoms with Crippen LogP contribution in [0.1, 0.15) is 0 Å². The highest BCUT2D eigenvalue weighted by atomic mass is 16.5. The maximum atomic E-state index is 5.22. The van der Waals surface area contributed by atoms with Gasteiger partial charge in [-0.05, 0) is 48.5 Å². The number of anilines is 3. The summed E-state index contributed by atoms with van der Waals surface area (Å²) in [6.07, 6.45) is 7.19. The largest absolute Gasteiger partial charge is 0.497 e. The van der Waals surface area contributed by atoms with Crippen molar-refractivity contribution in [1.29, 1.82) is 0 Å². The van der Waals surface area contributed by atoms with Crippen LogP contribution in [-0.2, 0) is 0 Å². The van der Waals surface area contributed by atoms with Gasteiger partial charge in [0.2, 0.25) is 0 Å². The third kappa shape index (κ3) is 2.84. The Balaban J connectivity index is 2.07. The van der Waals surface area contributed by atoms with Gasteiger partial charge in [0, 0.05) is 18.1 Å². The molecule has 2 aromatic heterocycles. The fourth-order valence-corrected chi connectivity index (χ4v) is 2.15. The average molecular weight is 277 g/mol. The van der Waals surface area contributed by atoms with Crippen LogP contribution >= 0.6 is 0 Å². The van der Waals surface area contributed by atoms with Crippen molar-refractivity contribution in [2.45, 2.75) is 0 Å². The maximum absolute atomic E-state index is 5.22. The molecule has 0 atom stereocenters. The van der Waals surface area contributed by atoms with Crippen molar-refractivity contribution in [2.75, 3.05) is 12.0 Å². The Morgan fingerprint density at radius 1 is 0.762 bits per heavy atom. The smallest absolute Gasteiger partial charge is 0.119 e. The van der Waals surface area contributed by atoms with Gasteiger partial charge in [-0.15, -0.1) is 0 Å².